The van der Waals surface area contributed by atoms with Crippen LogP contribution in [0, 0.1) is 20.8 Å². The second kappa shape index (κ2) is 37.7. The maximum absolute atomic E-state index is 14.1. The molecular weight excluding hydrogens is 1220 g/mol. The summed E-state index contributed by atoms with van der Waals surface area (Å²) in [4.78, 5) is 69.6. The Hall–Kier alpha value is -8.97. The number of benzene rings is 5. The Morgan fingerprint density at radius 3 is 1.39 bits per heavy atom. The van der Waals surface area contributed by atoms with Crippen LogP contribution in [0.15, 0.2) is 171 Å². The van der Waals surface area contributed by atoms with Gasteiger partial charge in [0.25, 0.3) is 0 Å². The number of carbonyl (C=O) groups excluding carboxylic acids is 2. The van der Waals surface area contributed by atoms with Crippen LogP contribution >= 0.6 is 0 Å². The van der Waals surface area contributed by atoms with E-state index in [2.05, 4.69) is 137 Å². The number of aryl methyl sites for hydroxylation is 3. The van der Waals surface area contributed by atoms with E-state index < -0.39 is 6.10 Å². The number of aromatic amines is 1. The molecule has 522 valence electrons. The molecule has 1 aliphatic rings. The highest BCUT2D eigenvalue weighted by molar-refractivity contribution is 5.93. The molecule has 9 rings (SSSR count). The smallest absolute Gasteiger partial charge is 0.344 e. The van der Waals surface area contributed by atoms with Gasteiger partial charge in [0.05, 0.1) is 16.6 Å². The van der Waals surface area contributed by atoms with Crippen LogP contribution < -0.4 is 32.3 Å². The number of rotatable bonds is 35. The molecule has 0 bridgehead atoms. The van der Waals surface area contributed by atoms with Crippen LogP contribution in [-0.2, 0) is 24.5 Å². The molecule has 0 amide bonds. The number of aromatic nitrogens is 1. The number of hydrogen-bond acceptors (Lipinski definition) is 12. The van der Waals surface area contributed by atoms with Crippen molar-refractivity contribution in [2.45, 2.75) is 207 Å². The molecule has 0 aliphatic heterocycles. The summed E-state index contributed by atoms with van der Waals surface area (Å²) in [5.41, 5.74) is 19.8. The number of pyridine rings is 1. The third kappa shape index (κ3) is 19.7. The third-order valence-electron chi connectivity index (χ3n) is 19.3. The molecule has 0 saturated carbocycles. The van der Waals surface area contributed by atoms with Gasteiger partial charge in [-0.3, -0.25) is 14.4 Å². The van der Waals surface area contributed by atoms with Crippen LogP contribution in [0.5, 0.6) is 0 Å². The largest absolute Gasteiger partial charge is 0.454 e. The van der Waals surface area contributed by atoms with Crippen LogP contribution in [0.1, 0.15) is 197 Å². The predicted molar refractivity (Wildman–Crippen MR) is 410 cm³/mol. The van der Waals surface area contributed by atoms with Crippen molar-refractivity contribution in [1.29, 1.82) is 0 Å². The molecule has 1 aliphatic carbocycles. The first-order valence-corrected chi connectivity index (χ1v) is 36.0. The van der Waals surface area contributed by atoms with Gasteiger partial charge in [0.1, 0.15) is 23.4 Å². The van der Waals surface area contributed by atoms with E-state index in [0.717, 1.165) is 145 Å². The molecule has 0 unspecified atom stereocenters. The highest BCUT2D eigenvalue weighted by Gasteiger charge is 2.42. The fourth-order valence-corrected chi connectivity index (χ4v) is 13.8. The van der Waals surface area contributed by atoms with Gasteiger partial charge in [0.15, 0.2) is 0 Å². The predicted octanol–water partition coefficient (Wildman–Crippen LogP) is 20.6. The van der Waals surface area contributed by atoms with Gasteiger partial charge in [-0.25, -0.2) is 9.59 Å². The second-order valence-electron chi connectivity index (χ2n) is 26.5. The Morgan fingerprint density at radius 2 is 0.949 bits per heavy atom. The molecule has 0 spiro atoms. The lowest BCUT2D eigenvalue weighted by atomic mass is 9.70. The monoisotopic (exact) mass is 1330 g/mol. The number of esters is 2. The van der Waals surface area contributed by atoms with E-state index in [-0.39, 0.29) is 40.3 Å². The zero-order chi connectivity index (χ0) is 70.9. The summed E-state index contributed by atoms with van der Waals surface area (Å²) < 4.78 is 22.6. The van der Waals surface area contributed by atoms with Gasteiger partial charge in [-0.2, -0.15) is 0 Å². The number of nitrogens with two attached hydrogens (primary N) is 1. The minimum Gasteiger partial charge on any atom is -0.454 e. The van der Waals surface area contributed by atoms with Crippen molar-refractivity contribution in [2.24, 2.45) is 0 Å². The van der Waals surface area contributed by atoms with E-state index in [0.29, 0.717) is 40.8 Å². The van der Waals surface area contributed by atoms with E-state index >= 15 is 0 Å². The van der Waals surface area contributed by atoms with Crippen LogP contribution in [-0.4, -0.2) is 56.3 Å². The Labute approximate surface area is 581 Å². The van der Waals surface area contributed by atoms with Crippen molar-refractivity contribution in [3.8, 4) is 33.4 Å². The van der Waals surface area contributed by atoms with Gasteiger partial charge >= 0.3 is 23.2 Å². The molecule has 0 saturated heterocycles. The maximum Gasteiger partial charge on any atom is 0.344 e. The van der Waals surface area contributed by atoms with Crippen LogP contribution in [0.4, 0.5) is 17.1 Å². The molecular formula is C85H108N4O9. The summed E-state index contributed by atoms with van der Waals surface area (Å²) in [6, 6.07) is 32.4. The van der Waals surface area contributed by atoms with Gasteiger partial charge in [-0.15, -0.1) is 0 Å². The minimum absolute atomic E-state index is 0.0874. The number of hydrogen-bond donors (Lipinski definition) is 2. The standard InChI is InChI=1S/C59H70N2O6.C16H28O2.C10H10N2O/c1-10-32-59(33-11-2)50-35-41(55-39(6)46-30-26-43(60(8)14-5)37-52(46)66-57(55)63)24-28-48(50)49-29-25-42(36-51(49)59)56-40(7)47-31-27-44(38-53(47)67-58(56)64)61(9)34-22-20-18-16-15-17-19-21-23-54(62)65-45(12-3)13-4;1-4-7-8-9-10-11-12-13-14-16(17)18-15(5-2)6-3;1-6-4-10(13)12-9-5-7(11)2-3-8(6)9/h12-13,24-31,35-38,45H,3-4,10-11,14-23,32-34H2,1-2,5-9H3;5-6,15H,2-4,7-14H2,1H3;2-5H,11H2,1H3,(H,12,13). The number of unbranched alkanes of at least 4 members (excludes halogenated alkanes) is 14. The summed E-state index contributed by atoms with van der Waals surface area (Å²) >= 11 is 0. The average Bonchev–Trinajstić information content (AvgIpc) is 1.55. The molecule has 13 heteroatoms. The van der Waals surface area contributed by atoms with Gasteiger partial charge < -0.3 is 38.8 Å². The lowest BCUT2D eigenvalue weighted by Crippen LogP contribution is -2.25. The zero-order valence-corrected chi connectivity index (χ0v) is 60.1. The number of ether oxygens (including phenoxy) is 2. The maximum atomic E-state index is 14.1. The molecule has 8 aromatic rings. The van der Waals surface area contributed by atoms with Crippen molar-refractivity contribution >= 4 is 61.8 Å². The number of carbonyl (C=O) groups is 2. The first-order chi connectivity index (χ1) is 47.3. The zero-order valence-electron chi connectivity index (χ0n) is 60.1. The molecule has 0 atom stereocenters. The van der Waals surface area contributed by atoms with Crippen molar-refractivity contribution in [3.63, 3.8) is 0 Å². The van der Waals surface area contributed by atoms with Crippen molar-refractivity contribution in [2.75, 3.05) is 42.7 Å². The molecule has 3 N–H and O–H groups in total. The summed E-state index contributed by atoms with van der Waals surface area (Å²) in [6.45, 7) is 31.0. The summed E-state index contributed by atoms with van der Waals surface area (Å²) in [6.07, 6.45) is 29.0. The molecule has 3 aromatic heterocycles. The van der Waals surface area contributed by atoms with E-state index in [9.17, 15) is 24.0 Å². The quantitative estimate of drug-likeness (QED) is 0.0126. The second-order valence-corrected chi connectivity index (χ2v) is 26.5. The number of nitrogens with one attached hydrogen (secondary N) is 1. The van der Waals surface area contributed by atoms with Gasteiger partial charge in [0, 0.05) is 96.9 Å². The first kappa shape index (κ1) is 76.4. The SMILES string of the molecule is C=CC(C=C)OC(=O)CCCCCCCCCC.C=CC(C=C)OC(=O)CCCCCCCCCCN(C)c1ccc2c(C)c(-c3ccc4c(c3)C(CCC)(CCC)c3cc(-c5c(C)c6ccc(N(C)CC)cc6oc5=O)ccc3-4)c(=O)oc2c1.Cc1cc(=O)[nH]c2cc(N)ccc12. The average molecular weight is 1330 g/mol. The lowest BCUT2D eigenvalue weighted by Gasteiger charge is -2.32. The number of nitrogen functional groups attached to an aromatic ring is 1. The summed E-state index contributed by atoms with van der Waals surface area (Å²) in [7, 11) is 4.13. The molecule has 13 nitrogen and oxygen atoms in total. The van der Waals surface area contributed by atoms with Crippen molar-refractivity contribution in [1.82, 2.24) is 4.98 Å². The molecule has 5 aromatic carbocycles. The molecule has 0 radical (unpaired) electrons. The van der Waals surface area contributed by atoms with Crippen LogP contribution in [0.2, 0.25) is 0 Å². The number of H-pyrrole nitrogens is 1. The Bertz CT molecular complexity index is 4210. The van der Waals surface area contributed by atoms with Crippen LogP contribution in [0.25, 0.3) is 66.2 Å². The van der Waals surface area contributed by atoms with E-state index in [1.165, 1.54) is 80.0 Å². The summed E-state index contributed by atoms with van der Waals surface area (Å²) in [5.74, 6) is -0.339. The number of fused-ring (bicyclic) bond motifs is 6. The highest BCUT2D eigenvalue weighted by Crippen LogP contribution is 2.55. The first-order valence-electron chi connectivity index (χ1n) is 36.0. The normalized spacial score (nSPS) is 11.9. The summed E-state index contributed by atoms with van der Waals surface area (Å²) in [5, 5.41) is 2.90. The fourth-order valence-electron chi connectivity index (χ4n) is 13.8. The van der Waals surface area contributed by atoms with Crippen LogP contribution in [0.3, 0.4) is 0 Å². The number of anilines is 3. The van der Waals surface area contributed by atoms with Gasteiger partial charge in [0.2, 0.25) is 5.56 Å². The fraction of sp³-hybridized carbons (Fsp3) is 0.424. The topological polar surface area (TPSA) is 178 Å². The minimum atomic E-state index is -0.410. The molecule has 3 heterocycles. The van der Waals surface area contributed by atoms with Gasteiger partial charge in [-0.05, 0) is 183 Å². The Balaban J connectivity index is 0.000000355. The third-order valence-corrected chi connectivity index (χ3v) is 19.3. The van der Waals surface area contributed by atoms with Crippen molar-refractivity contribution < 1.29 is 27.9 Å². The number of nitrogens with zero attached hydrogens (tertiary/aromatic N) is 2. The lowest BCUT2D eigenvalue weighted by molar-refractivity contribution is -0.146. The molecule has 98 heavy (non-hydrogen) atoms. The van der Waals surface area contributed by atoms with Gasteiger partial charge in [-0.1, -0.05) is 174 Å². The molecule has 0 fully saturated rings. The Kier molecular flexibility index (Phi) is 29.4. The Morgan fingerprint density at radius 1 is 0.520 bits per heavy atom. The van der Waals surface area contributed by atoms with Crippen molar-refractivity contribution in [3.05, 3.63) is 207 Å². The van der Waals surface area contributed by atoms with E-state index in [1.54, 1.807) is 36.4 Å². The highest BCUT2D eigenvalue weighted by atomic mass is 16.5. The van der Waals surface area contributed by atoms with E-state index in [4.69, 9.17) is 24.0 Å². The van der Waals surface area contributed by atoms with E-state index in [1.807, 2.05) is 52.1 Å².